The van der Waals surface area contributed by atoms with E-state index < -0.39 is 15.4 Å². The molecule has 6 nitrogen and oxygen atoms in total. The van der Waals surface area contributed by atoms with Crippen molar-refractivity contribution in [2.45, 2.75) is 23.2 Å². The molecule has 1 fully saturated rings. The van der Waals surface area contributed by atoms with E-state index in [9.17, 15) is 13.2 Å². The third-order valence-corrected chi connectivity index (χ3v) is 6.66. The fourth-order valence-corrected chi connectivity index (χ4v) is 4.08. The summed E-state index contributed by atoms with van der Waals surface area (Å²) in [4.78, 5) is 17.6. The van der Waals surface area contributed by atoms with Crippen LogP contribution in [0, 0.1) is 0 Å². The summed E-state index contributed by atoms with van der Waals surface area (Å²) in [6, 6.07) is 21.6. The van der Waals surface area contributed by atoms with Gasteiger partial charge in [-0.05, 0) is 49.7 Å². The molecule has 4 rings (SSSR count). The Morgan fingerprint density at radius 1 is 0.966 bits per heavy atom. The topological polar surface area (TPSA) is 88.2 Å². The van der Waals surface area contributed by atoms with Crippen LogP contribution in [0.1, 0.15) is 21.3 Å². The van der Waals surface area contributed by atoms with E-state index in [0.29, 0.717) is 11.5 Å². The van der Waals surface area contributed by atoms with Crippen LogP contribution in [0.3, 0.4) is 0 Å². The third kappa shape index (κ3) is 3.79. The molecule has 0 spiro atoms. The lowest BCUT2D eigenvalue weighted by Gasteiger charge is -2.15. The number of sulfonamides is 1. The second-order valence-electron chi connectivity index (χ2n) is 7.04. The van der Waals surface area contributed by atoms with Gasteiger partial charge in [0.05, 0.1) is 16.0 Å². The first-order valence-electron chi connectivity index (χ1n) is 9.33. The number of anilines is 1. The fourth-order valence-electron chi connectivity index (χ4n) is 3.35. The Morgan fingerprint density at radius 2 is 1.66 bits per heavy atom. The minimum absolute atomic E-state index is 0. The molecule has 0 aliphatic heterocycles. The maximum atomic E-state index is 12.9. The van der Waals surface area contributed by atoms with Crippen molar-refractivity contribution in [1.29, 1.82) is 0 Å². The molecule has 0 unspecified atom stereocenters. The minimum Gasteiger partial charge on any atom is -0.310 e. The predicted octanol–water partition coefficient (Wildman–Crippen LogP) is 3.82. The molecule has 1 aliphatic rings. The van der Waals surface area contributed by atoms with Gasteiger partial charge in [0.2, 0.25) is 15.9 Å². The first-order valence-corrected chi connectivity index (χ1v) is 10.8. The normalized spacial score (nSPS) is 14.9. The van der Waals surface area contributed by atoms with Crippen LogP contribution < -0.4 is 10.0 Å². The van der Waals surface area contributed by atoms with Gasteiger partial charge in [-0.3, -0.25) is 4.79 Å². The monoisotopic (exact) mass is 411 g/mol. The van der Waals surface area contributed by atoms with E-state index in [4.69, 9.17) is 0 Å². The Labute approximate surface area is 173 Å². The summed E-state index contributed by atoms with van der Waals surface area (Å²) in [7, 11) is -2.11. The summed E-state index contributed by atoms with van der Waals surface area (Å²) in [5, 5.41) is 2.94. The Bertz CT molecular complexity index is 1150. The molecular formula is C22H25N3O3S. The van der Waals surface area contributed by atoms with Crippen molar-refractivity contribution in [2.24, 2.45) is 0 Å². The number of carbonyl (C=O) groups excluding carboxylic acids is 1. The van der Waals surface area contributed by atoms with Crippen molar-refractivity contribution < 1.29 is 16.1 Å². The molecule has 0 radical (unpaired) electrons. The fraction of sp³-hybridized carbons (Fsp3) is 0.182. The van der Waals surface area contributed by atoms with Crippen molar-refractivity contribution in [2.75, 3.05) is 12.4 Å². The van der Waals surface area contributed by atoms with Gasteiger partial charge in [0.15, 0.2) is 0 Å². The van der Waals surface area contributed by atoms with Gasteiger partial charge in [-0.1, -0.05) is 48.5 Å². The van der Waals surface area contributed by atoms with Gasteiger partial charge >= 0.3 is 0 Å². The smallest absolute Gasteiger partial charge is 0.240 e. The summed E-state index contributed by atoms with van der Waals surface area (Å²) in [5.74, 6) is 0.422. The molecule has 0 atom stereocenters. The highest BCUT2D eigenvalue weighted by Crippen LogP contribution is 2.48. The zero-order valence-electron chi connectivity index (χ0n) is 15.9. The summed E-state index contributed by atoms with van der Waals surface area (Å²) in [5.41, 5.74) is 1.97. The molecule has 0 saturated heterocycles. The van der Waals surface area contributed by atoms with Crippen molar-refractivity contribution >= 4 is 21.7 Å². The Balaban J connectivity index is 0.00000171. The summed E-state index contributed by atoms with van der Waals surface area (Å²) >= 11 is 0. The SMILES string of the molecule is CNS(=O)(=O)c1ccc(-c2cccc(NC(=O)C3(c4ccccc4)CC3)n2)cc1.[HH].[HH]. The lowest BCUT2D eigenvalue weighted by Crippen LogP contribution is -2.28. The highest BCUT2D eigenvalue weighted by atomic mass is 32.2. The van der Waals surface area contributed by atoms with E-state index in [1.54, 1.807) is 18.2 Å². The van der Waals surface area contributed by atoms with Crippen LogP contribution in [0.15, 0.2) is 77.7 Å². The van der Waals surface area contributed by atoms with Gasteiger partial charge in [0.1, 0.15) is 5.82 Å². The first kappa shape index (κ1) is 19.3. The highest BCUT2D eigenvalue weighted by molar-refractivity contribution is 7.89. The van der Waals surface area contributed by atoms with E-state index in [0.717, 1.165) is 24.0 Å². The molecule has 2 aromatic carbocycles. The standard InChI is InChI=1S/C22H21N3O3S.2H2/c1-23-29(27,28)18-12-10-16(11-13-18)19-8-5-9-20(24-19)25-21(26)22(14-15-22)17-6-3-2-4-7-17;;/h2-13,23H,14-15H2,1H3,(H,24,25,26);2*1H. The van der Waals surface area contributed by atoms with Crippen molar-refractivity contribution in [1.82, 2.24) is 9.71 Å². The van der Waals surface area contributed by atoms with Crippen molar-refractivity contribution in [3.8, 4) is 11.3 Å². The molecular weight excluding hydrogens is 386 g/mol. The van der Waals surface area contributed by atoms with E-state index in [1.165, 1.54) is 19.2 Å². The zero-order chi connectivity index (χ0) is 20.5. The van der Waals surface area contributed by atoms with Crippen LogP contribution in [0.25, 0.3) is 11.3 Å². The van der Waals surface area contributed by atoms with Gasteiger partial charge in [-0.25, -0.2) is 18.1 Å². The Morgan fingerprint density at radius 3 is 2.28 bits per heavy atom. The van der Waals surface area contributed by atoms with Crippen LogP contribution in [-0.4, -0.2) is 26.4 Å². The number of aromatic nitrogens is 1. The van der Waals surface area contributed by atoms with Crippen LogP contribution in [-0.2, 0) is 20.2 Å². The number of hydrogen-bond donors (Lipinski definition) is 2. The number of pyridine rings is 1. The van der Waals surface area contributed by atoms with Crippen LogP contribution >= 0.6 is 0 Å². The van der Waals surface area contributed by atoms with E-state index in [2.05, 4.69) is 15.0 Å². The van der Waals surface area contributed by atoms with Gasteiger partial charge in [-0.15, -0.1) is 0 Å². The molecule has 7 heteroatoms. The number of benzene rings is 2. The maximum Gasteiger partial charge on any atom is 0.240 e. The maximum absolute atomic E-state index is 12.9. The summed E-state index contributed by atoms with van der Waals surface area (Å²) < 4.78 is 26.0. The quantitative estimate of drug-likeness (QED) is 0.645. The molecule has 29 heavy (non-hydrogen) atoms. The van der Waals surface area contributed by atoms with Gasteiger partial charge in [-0.2, -0.15) is 0 Å². The third-order valence-electron chi connectivity index (χ3n) is 5.23. The van der Waals surface area contributed by atoms with Crippen molar-refractivity contribution in [3.05, 3.63) is 78.4 Å². The second-order valence-corrected chi connectivity index (χ2v) is 8.93. The van der Waals surface area contributed by atoms with E-state index in [-0.39, 0.29) is 13.7 Å². The Hall–Kier alpha value is -3.03. The van der Waals surface area contributed by atoms with Gasteiger partial charge in [0, 0.05) is 8.42 Å². The average Bonchev–Trinajstić information content (AvgIpc) is 3.57. The number of carbonyl (C=O) groups is 1. The molecule has 2 N–H and O–H groups in total. The van der Waals surface area contributed by atoms with Gasteiger partial charge < -0.3 is 5.32 Å². The van der Waals surface area contributed by atoms with E-state index in [1.807, 2.05) is 42.5 Å². The van der Waals surface area contributed by atoms with Crippen LogP contribution in [0.4, 0.5) is 5.82 Å². The first-order chi connectivity index (χ1) is 13.9. The van der Waals surface area contributed by atoms with Crippen LogP contribution in [0.5, 0.6) is 0 Å². The summed E-state index contributed by atoms with van der Waals surface area (Å²) in [6.45, 7) is 0. The number of amides is 1. The molecule has 3 aromatic rings. The number of rotatable bonds is 6. The molecule has 0 bridgehead atoms. The lowest BCUT2D eigenvalue weighted by atomic mass is 9.95. The van der Waals surface area contributed by atoms with E-state index >= 15 is 0 Å². The molecule has 1 aromatic heterocycles. The number of hydrogen-bond acceptors (Lipinski definition) is 4. The minimum atomic E-state index is -3.48. The van der Waals surface area contributed by atoms with Gasteiger partial charge in [0.25, 0.3) is 0 Å². The summed E-state index contributed by atoms with van der Waals surface area (Å²) in [6.07, 6.45) is 1.65. The van der Waals surface area contributed by atoms with Crippen molar-refractivity contribution in [3.63, 3.8) is 0 Å². The molecule has 1 heterocycles. The number of nitrogens with zero attached hydrogens (tertiary/aromatic N) is 1. The van der Waals surface area contributed by atoms with Crippen LogP contribution in [0.2, 0.25) is 0 Å². The molecule has 152 valence electrons. The number of nitrogens with one attached hydrogen (secondary N) is 2. The highest BCUT2D eigenvalue weighted by Gasteiger charge is 2.51. The Kier molecular flexibility index (Phi) is 4.94. The molecule has 1 aliphatic carbocycles. The average molecular weight is 412 g/mol. The lowest BCUT2D eigenvalue weighted by molar-refractivity contribution is -0.118. The predicted molar refractivity (Wildman–Crippen MR) is 116 cm³/mol. The molecule has 1 amide bonds. The molecule has 1 saturated carbocycles. The largest absolute Gasteiger partial charge is 0.310 e. The second kappa shape index (κ2) is 7.42. The zero-order valence-corrected chi connectivity index (χ0v) is 16.7.